The maximum atomic E-state index is 4.58. The van der Waals surface area contributed by atoms with Gasteiger partial charge < -0.3 is 4.42 Å². The zero-order chi connectivity index (χ0) is 10.5. The Morgan fingerprint density at radius 3 is 1.71 bits per heavy atom. The minimum atomic E-state index is 0.149. The van der Waals surface area contributed by atoms with E-state index < -0.39 is 0 Å². The smallest absolute Gasteiger partial charge is 0.0902 e. The zero-order valence-corrected chi connectivity index (χ0v) is 12.3. The van der Waals surface area contributed by atoms with Crippen molar-refractivity contribution >= 4 is 21.1 Å². The van der Waals surface area contributed by atoms with E-state index in [1.54, 1.807) is 21.4 Å². The minimum absolute atomic E-state index is 0.149. The molecule has 0 saturated carbocycles. The van der Waals surface area contributed by atoms with E-state index in [9.17, 15) is 0 Å². The van der Waals surface area contributed by atoms with Gasteiger partial charge in [0.25, 0.3) is 0 Å². The van der Waals surface area contributed by atoms with Gasteiger partial charge in [0.05, 0.1) is 12.5 Å². The SMILES string of the molecule is CCC[CH2][Sn][CH2]CCC.c1ccoc1. The van der Waals surface area contributed by atoms with Crippen LogP contribution in [-0.4, -0.2) is 21.1 Å². The topological polar surface area (TPSA) is 13.1 Å². The fraction of sp³-hybridized carbons (Fsp3) is 0.667. The Morgan fingerprint density at radius 1 is 0.929 bits per heavy atom. The molecule has 0 spiro atoms. The first-order valence-electron chi connectivity index (χ1n) is 5.59. The van der Waals surface area contributed by atoms with Crippen LogP contribution < -0.4 is 0 Å². The molecule has 0 amide bonds. The summed E-state index contributed by atoms with van der Waals surface area (Å²) >= 11 is 0.149. The summed E-state index contributed by atoms with van der Waals surface area (Å²) < 4.78 is 7.83. The predicted molar refractivity (Wildman–Crippen MR) is 63.9 cm³/mol. The van der Waals surface area contributed by atoms with Gasteiger partial charge in [0, 0.05) is 0 Å². The van der Waals surface area contributed by atoms with E-state index in [1.807, 2.05) is 12.1 Å². The third-order valence-electron chi connectivity index (χ3n) is 1.84. The van der Waals surface area contributed by atoms with Gasteiger partial charge >= 0.3 is 69.5 Å². The molecule has 0 bridgehead atoms. The molecule has 1 heterocycles. The van der Waals surface area contributed by atoms with Gasteiger partial charge in [0.1, 0.15) is 0 Å². The van der Waals surface area contributed by atoms with Crippen LogP contribution in [0, 0.1) is 0 Å². The van der Waals surface area contributed by atoms with Gasteiger partial charge in [-0.05, 0) is 12.1 Å². The number of hydrogen-bond donors (Lipinski definition) is 0. The van der Waals surface area contributed by atoms with Gasteiger partial charge in [0.15, 0.2) is 0 Å². The van der Waals surface area contributed by atoms with Crippen molar-refractivity contribution in [1.82, 2.24) is 0 Å². The molecule has 0 saturated heterocycles. The fourth-order valence-electron chi connectivity index (χ4n) is 0.955. The van der Waals surface area contributed by atoms with Gasteiger partial charge in [-0.15, -0.1) is 0 Å². The van der Waals surface area contributed by atoms with Crippen LogP contribution in [0.4, 0.5) is 0 Å². The summed E-state index contributed by atoms with van der Waals surface area (Å²) in [6.45, 7) is 4.58. The first-order chi connectivity index (χ1) is 6.91. The molecule has 2 heteroatoms. The van der Waals surface area contributed by atoms with E-state index in [-0.39, 0.29) is 21.1 Å². The van der Waals surface area contributed by atoms with Crippen LogP contribution in [0.2, 0.25) is 8.87 Å². The summed E-state index contributed by atoms with van der Waals surface area (Å²) in [5, 5.41) is 0. The third kappa shape index (κ3) is 12.1. The van der Waals surface area contributed by atoms with E-state index >= 15 is 0 Å². The summed E-state index contributed by atoms with van der Waals surface area (Å²) in [6, 6.07) is 3.67. The van der Waals surface area contributed by atoms with E-state index in [0.29, 0.717) is 0 Å². The van der Waals surface area contributed by atoms with Crippen LogP contribution in [0.1, 0.15) is 39.5 Å². The molecule has 1 aromatic heterocycles. The van der Waals surface area contributed by atoms with Crippen molar-refractivity contribution in [1.29, 1.82) is 0 Å². The van der Waals surface area contributed by atoms with Gasteiger partial charge in [-0.3, -0.25) is 0 Å². The van der Waals surface area contributed by atoms with Crippen molar-refractivity contribution in [2.45, 2.75) is 48.4 Å². The second kappa shape index (κ2) is 13.1. The van der Waals surface area contributed by atoms with Crippen LogP contribution >= 0.6 is 0 Å². The van der Waals surface area contributed by atoms with Crippen LogP contribution in [0.3, 0.4) is 0 Å². The number of unbranched alkanes of at least 4 members (excludes halogenated alkanes) is 2. The normalized spacial score (nSPS) is 9.29. The number of hydrogen-bond acceptors (Lipinski definition) is 1. The molecule has 0 aliphatic carbocycles. The average molecular weight is 301 g/mol. The summed E-state index contributed by atoms with van der Waals surface area (Å²) in [7, 11) is 0. The predicted octanol–water partition coefficient (Wildman–Crippen LogP) is 4.41. The first-order valence-corrected chi connectivity index (χ1v) is 9.63. The summed E-state index contributed by atoms with van der Waals surface area (Å²) in [4.78, 5) is 0. The van der Waals surface area contributed by atoms with Gasteiger partial charge in [-0.25, -0.2) is 0 Å². The Bertz CT molecular complexity index is 138. The Labute approximate surface area is 98.5 Å². The maximum Gasteiger partial charge on any atom is 0.0902 e. The van der Waals surface area contributed by atoms with Gasteiger partial charge in [0.2, 0.25) is 0 Å². The van der Waals surface area contributed by atoms with Crippen molar-refractivity contribution in [2.75, 3.05) is 0 Å². The Balaban J connectivity index is 0.000000280. The summed E-state index contributed by atoms with van der Waals surface area (Å²) in [6.07, 6.45) is 9.09. The molecule has 0 unspecified atom stereocenters. The molecule has 0 atom stereocenters. The molecule has 1 aromatic rings. The Morgan fingerprint density at radius 2 is 1.43 bits per heavy atom. The van der Waals surface area contributed by atoms with Crippen molar-refractivity contribution in [3.63, 3.8) is 0 Å². The third-order valence-corrected chi connectivity index (χ3v) is 5.88. The standard InChI is InChI=1S/C4H4O.2C4H9.Sn/c1-2-4-5-3-1;2*1-3-4-2;/h1-4H;2*1,3-4H2,2H3;. The Kier molecular flexibility index (Phi) is 13.2. The molecule has 0 N–H and O–H groups in total. The second-order valence-corrected chi connectivity index (χ2v) is 7.53. The maximum absolute atomic E-state index is 4.58. The first kappa shape index (κ1) is 14.1. The zero-order valence-electron chi connectivity index (χ0n) is 9.46. The molecule has 0 aromatic carbocycles. The summed E-state index contributed by atoms with van der Waals surface area (Å²) in [5.41, 5.74) is 0. The van der Waals surface area contributed by atoms with Crippen molar-refractivity contribution in [3.8, 4) is 0 Å². The molecular formula is C12H22OSn. The van der Waals surface area contributed by atoms with Crippen LogP contribution in [-0.2, 0) is 0 Å². The van der Waals surface area contributed by atoms with E-state index in [4.69, 9.17) is 0 Å². The summed E-state index contributed by atoms with van der Waals surface area (Å²) in [5.74, 6) is 0. The van der Waals surface area contributed by atoms with Crippen LogP contribution in [0.25, 0.3) is 0 Å². The molecule has 0 fully saturated rings. The van der Waals surface area contributed by atoms with Gasteiger partial charge in [-0.1, -0.05) is 0 Å². The molecule has 0 aliphatic heterocycles. The molecule has 0 aliphatic rings. The molecule has 1 nitrogen and oxygen atoms in total. The molecule has 1 rings (SSSR count). The quantitative estimate of drug-likeness (QED) is 0.560. The largest absolute Gasteiger partial charge is 0.473 e. The average Bonchev–Trinajstić information content (AvgIpc) is 2.76. The van der Waals surface area contributed by atoms with Crippen LogP contribution in [0.15, 0.2) is 29.1 Å². The minimum Gasteiger partial charge on any atom is -0.473 e. The van der Waals surface area contributed by atoms with Crippen molar-refractivity contribution in [2.24, 2.45) is 0 Å². The number of furan rings is 1. The van der Waals surface area contributed by atoms with E-state index in [2.05, 4.69) is 18.3 Å². The van der Waals surface area contributed by atoms with Crippen LogP contribution in [0.5, 0.6) is 0 Å². The van der Waals surface area contributed by atoms with E-state index in [0.717, 1.165) is 0 Å². The van der Waals surface area contributed by atoms with Gasteiger partial charge in [-0.2, -0.15) is 0 Å². The molecule has 2 radical (unpaired) electrons. The monoisotopic (exact) mass is 302 g/mol. The van der Waals surface area contributed by atoms with Crippen molar-refractivity contribution in [3.05, 3.63) is 24.7 Å². The fourth-order valence-corrected chi connectivity index (χ4v) is 5.11. The van der Waals surface area contributed by atoms with E-state index in [1.165, 1.54) is 25.7 Å². The number of rotatable bonds is 6. The molecular weight excluding hydrogens is 279 g/mol. The molecule has 14 heavy (non-hydrogen) atoms. The molecule has 80 valence electrons. The van der Waals surface area contributed by atoms with Crippen molar-refractivity contribution < 1.29 is 4.42 Å². The Hall–Kier alpha value is 0.0787. The second-order valence-electron chi connectivity index (χ2n) is 3.25.